The first kappa shape index (κ1) is 29.1. The molecule has 0 radical (unpaired) electrons. The van der Waals surface area contributed by atoms with E-state index in [0.29, 0.717) is 11.5 Å². The summed E-state index contributed by atoms with van der Waals surface area (Å²) < 4.78 is 28.8. The molecule has 14 heteroatoms. The molecule has 3 amide bonds. The molecular formula is C27H37N7O6S. The lowest BCUT2D eigenvalue weighted by Crippen LogP contribution is -2.50. The minimum absolute atomic E-state index is 0.0187. The Kier molecular flexibility index (Phi) is 7.92. The van der Waals surface area contributed by atoms with Gasteiger partial charge in [-0.2, -0.15) is 4.31 Å². The van der Waals surface area contributed by atoms with Crippen LogP contribution in [0.25, 0.3) is 0 Å². The number of carbonyl (C=O) groups is 3. The Morgan fingerprint density at radius 2 is 2.00 bits per heavy atom. The number of aliphatic hydroxyl groups excluding tert-OH is 1. The number of amides is 3. The summed E-state index contributed by atoms with van der Waals surface area (Å²) in [6.45, 7) is 5.98. The maximum Gasteiger partial charge on any atom is 0.248 e. The summed E-state index contributed by atoms with van der Waals surface area (Å²) in [6, 6.07) is 4.56. The van der Waals surface area contributed by atoms with Gasteiger partial charge < -0.3 is 20.6 Å². The Morgan fingerprint density at radius 1 is 1.24 bits per heavy atom. The van der Waals surface area contributed by atoms with E-state index in [-0.39, 0.29) is 55.9 Å². The number of likely N-dealkylation sites (tertiary alicyclic amines) is 1. The van der Waals surface area contributed by atoms with E-state index in [2.05, 4.69) is 20.9 Å². The fourth-order valence-corrected chi connectivity index (χ4v) is 6.89. The molecule has 2 aliphatic heterocycles. The summed E-state index contributed by atoms with van der Waals surface area (Å²) in [5.41, 5.74) is 0.858. The maximum atomic E-state index is 13.9. The number of hydrogen-bond donors (Lipinski definition) is 3. The van der Waals surface area contributed by atoms with Gasteiger partial charge in [0.15, 0.2) is 0 Å². The third-order valence-electron chi connectivity index (χ3n) is 7.71. The fraction of sp³-hybridized carbons (Fsp3) is 0.593. The molecule has 0 spiro atoms. The van der Waals surface area contributed by atoms with E-state index in [0.717, 1.165) is 22.8 Å². The molecule has 2 aromatic rings. The molecule has 3 fully saturated rings. The van der Waals surface area contributed by atoms with Gasteiger partial charge in [0.2, 0.25) is 27.7 Å². The highest BCUT2D eigenvalue weighted by Crippen LogP contribution is 2.40. The van der Waals surface area contributed by atoms with E-state index in [1.165, 1.54) is 17.0 Å². The summed E-state index contributed by atoms with van der Waals surface area (Å²) >= 11 is 0. The molecule has 1 saturated carbocycles. The van der Waals surface area contributed by atoms with Gasteiger partial charge in [-0.3, -0.25) is 14.4 Å². The van der Waals surface area contributed by atoms with Gasteiger partial charge in [-0.25, -0.2) is 13.1 Å². The van der Waals surface area contributed by atoms with Crippen LogP contribution in [0.3, 0.4) is 0 Å². The second-order valence-electron chi connectivity index (χ2n) is 12.1. The average molecular weight is 588 g/mol. The summed E-state index contributed by atoms with van der Waals surface area (Å²) in [5.74, 6) is -0.748. The predicted molar refractivity (Wildman–Crippen MR) is 147 cm³/mol. The zero-order valence-electron chi connectivity index (χ0n) is 23.5. The van der Waals surface area contributed by atoms with Crippen molar-refractivity contribution in [2.45, 2.75) is 75.6 Å². The van der Waals surface area contributed by atoms with Crippen molar-refractivity contribution in [2.75, 3.05) is 26.2 Å². The van der Waals surface area contributed by atoms with Crippen LogP contribution in [0.4, 0.5) is 0 Å². The van der Waals surface area contributed by atoms with Crippen LogP contribution in [0, 0.1) is 5.41 Å². The standard InChI is InChI=1S/C27H37N7O6S/c1-27(2,3)24(34-15-21(30-31-34)18-7-8-18)26(38)33-14-19(35)12-22(33)25(37)29-13-17-5-4-6-20(11-17)41(39,40)32-10-9-28-23(36)16-32/h4-6,11,15,18-19,22,24,35H,7-10,12-14,16H2,1-3H3,(H,28,36)(H,29,37)/t19?,22?,24-/m1/s1. The molecule has 1 aromatic heterocycles. The number of rotatable bonds is 8. The highest BCUT2D eigenvalue weighted by atomic mass is 32.2. The second-order valence-corrected chi connectivity index (χ2v) is 14.1. The molecule has 13 nitrogen and oxygen atoms in total. The molecule has 1 aliphatic carbocycles. The van der Waals surface area contributed by atoms with E-state index in [4.69, 9.17) is 0 Å². The third-order valence-corrected chi connectivity index (χ3v) is 9.55. The number of aromatic nitrogens is 3. The van der Waals surface area contributed by atoms with Gasteiger partial charge in [0.05, 0.1) is 23.2 Å². The topological polar surface area (TPSA) is 167 Å². The van der Waals surface area contributed by atoms with Crippen molar-refractivity contribution in [3.05, 3.63) is 41.7 Å². The molecule has 222 valence electrons. The van der Waals surface area contributed by atoms with Crippen LogP contribution in [0.1, 0.15) is 63.3 Å². The zero-order valence-corrected chi connectivity index (χ0v) is 24.3. The summed E-state index contributed by atoms with van der Waals surface area (Å²) in [4.78, 5) is 40.4. The maximum absolute atomic E-state index is 13.9. The molecule has 3 N–H and O–H groups in total. The van der Waals surface area contributed by atoms with Crippen molar-refractivity contribution in [1.29, 1.82) is 0 Å². The first-order valence-electron chi connectivity index (χ1n) is 13.9. The Labute approximate surface area is 239 Å². The molecule has 5 rings (SSSR count). The number of hydrogen-bond acceptors (Lipinski definition) is 8. The molecule has 2 saturated heterocycles. The zero-order chi connectivity index (χ0) is 29.5. The Bertz CT molecular complexity index is 1430. The normalized spacial score (nSPS) is 22.8. The van der Waals surface area contributed by atoms with Gasteiger partial charge in [-0.1, -0.05) is 38.1 Å². The lowest BCUT2D eigenvalue weighted by Gasteiger charge is -2.34. The number of β-amino-alcohol motifs (C(OH)–C–C–N with tert-alkyl or cyclic N) is 1. The van der Waals surface area contributed by atoms with Crippen molar-refractivity contribution in [1.82, 2.24) is 34.8 Å². The van der Waals surface area contributed by atoms with Crippen LogP contribution < -0.4 is 10.6 Å². The second kappa shape index (κ2) is 11.1. The quantitative estimate of drug-likeness (QED) is 0.392. The van der Waals surface area contributed by atoms with Gasteiger partial charge in [-0.15, -0.1) is 5.10 Å². The van der Waals surface area contributed by atoms with Crippen LogP contribution in [-0.4, -0.2) is 93.8 Å². The molecule has 3 aliphatic rings. The number of sulfonamides is 1. The van der Waals surface area contributed by atoms with Gasteiger partial charge in [0, 0.05) is 44.7 Å². The molecule has 2 unspecified atom stereocenters. The number of nitrogens with zero attached hydrogens (tertiary/aromatic N) is 5. The molecular weight excluding hydrogens is 550 g/mol. The number of nitrogens with one attached hydrogen (secondary N) is 2. The van der Waals surface area contributed by atoms with Crippen molar-refractivity contribution in [3.8, 4) is 0 Å². The van der Waals surface area contributed by atoms with Gasteiger partial charge >= 0.3 is 0 Å². The first-order valence-corrected chi connectivity index (χ1v) is 15.3. The van der Waals surface area contributed by atoms with E-state index in [1.54, 1.807) is 16.8 Å². The van der Waals surface area contributed by atoms with E-state index < -0.39 is 39.5 Å². The number of piperazine rings is 1. The van der Waals surface area contributed by atoms with Gasteiger partial charge in [-0.05, 0) is 36.0 Å². The van der Waals surface area contributed by atoms with Crippen LogP contribution in [-0.2, 0) is 31.0 Å². The molecule has 41 heavy (non-hydrogen) atoms. The summed E-state index contributed by atoms with van der Waals surface area (Å²) in [5, 5.41) is 24.4. The third kappa shape index (κ3) is 6.28. The average Bonchev–Trinajstić information content (AvgIpc) is 3.53. The molecule has 0 bridgehead atoms. The Morgan fingerprint density at radius 3 is 2.68 bits per heavy atom. The first-order chi connectivity index (χ1) is 19.3. The fourth-order valence-electron chi connectivity index (χ4n) is 5.42. The number of benzene rings is 1. The molecule has 3 atom stereocenters. The van der Waals surface area contributed by atoms with Crippen molar-refractivity contribution < 1.29 is 27.9 Å². The highest BCUT2D eigenvalue weighted by molar-refractivity contribution is 7.89. The smallest absolute Gasteiger partial charge is 0.248 e. The number of carbonyl (C=O) groups excluding carboxylic acids is 3. The number of aliphatic hydroxyl groups is 1. The molecule has 1 aromatic carbocycles. The van der Waals surface area contributed by atoms with Crippen molar-refractivity contribution in [2.24, 2.45) is 5.41 Å². The van der Waals surface area contributed by atoms with Crippen LogP contribution in [0.2, 0.25) is 0 Å². The highest BCUT2D eigenvalue weighted by Gasteiger charge is 2.45. The Balaban J connectivity index is 1.29. The largest absolute Gasteiger partial charge is 0.391 e. The van der Waals surface area contributed by atoms with Crippen molar-refractivity contribution >= 4 is 27.7 Å². The van der Waals surface area contributed by atoms with Gasteiger partial charge in [0.1, 0.15) is 12.1 Å². The van der Waals surface area contributed by atoms with Gasteiger partial charge in [0.25, 0.3) is 0 Å². The lowest BCUT2D eigenvalue weighted by molar-refractivity contribution is -0.144. The predicted octanol–water partition coefficient (Wildman–Crippen LogP) is 0.141. The summed E-state index contributed by atoms with van der Waals surface area (Å²) in [6.07, 6.45) is 3.15. The monoisotopic (exact) mass is 587 g/mol. The van der Waals surface area contributed by atoms with E-state index in [9.17, 15) is 27.9 Å². The Hall–Kier alpha value is -3.36. The van der Waals surface area contributed by atoms with Crippen LogP contribution in [0.15, 0.2) is 35.4 Å². The molecule has 3 heterocycles. The minimum atomic E-state index is -3.89. The van der Waals surface area contributed by atoms with Crippen LogP contribution >= 0.6 is 0 Å². The SMILES string of the molecule is CC(C)(C)[C@@H](C(=O)N1CC(O)CC1C(=O)NCc1cccc(S(=O)(=O)N2CCNC(=O)C2)c1)n1cc(C2CC2)nn1. The van der Waals surface area contributed by atoms with E-state index >= 15 is 0 Å². The van der Waals surface area contributed by atoms with Crippen LogP contribution in [0.5, 0.6) is 0 Å². The minimum Gasteiger partial charge on any atom is -0.391 e. The lowest BCUT2D eigenvalue weighted by atomic mass is 9.85. The van der Waals surface area contributed by atoms with E-state index in [1.807, 2.05) is 27.0 Å². The summed E-state index contributed by atoms with van der Waals surface area (Å²) in [7, 11) is -3.89. The van der Waals surface area contributed by atoms with Crippen molar-refractivity contribution in [3.63, 3.8) is 0 Å².